The van der Waals surface area contributed by atoms with Gasteiger partial charge in [0.1, 0.15) is 5.82 Å². The first-order chi connectivity index (χ1) is 13.2. The minimum Gasteiger partial charge on any atom is -0.306 e. The van der Waals surface area contributed by atoms with E-state index in [4.69, 9.17) is 0 Å². The summed E-state index contributed by atoms with van der Waals surface area (Å²) in [5.41, 5.74) is 5.49. The number of nitrogens with one attached hydrogen (secondary N) is 1. The molecule has 0 fully saturated rings. The van der Waals surface area contributed by atoms with E-state index in [-0.39, 0.29) is 17.4 Å². The van der Waals surface area contributed by atoms with Crippen LogP contribution in [0.2, 0.25) is 0 Å². The van der Waals surface area contributed by atoms with Gasteiger partial charge in [-0.25, -0.2) is 13.1 Å². The molecule has 3 aromatic rings. The quantitative estimate of drug-likeness (QED) is 0.736. The molecule has 2 aromatic carbocycles. The van der Waals surface area contributed by atoms with Gasteiger partial charge in [0.15, 0.2) is 9.84 Å². The van der Waals surface area contributed by atoms with Gasteiger partial charge in [-0.2, -0.15) is 5.10 Å². The Morgan fingerprint density at radius 2 is 1.75 bits per heavy atom. The number of benzene rings is 2. The molecule has 0 aliphatic carbocycles. The molecule has 0 saturated carbocycles. The number of hydrogen-bond donors (Lipinski definition) is 1. The Bertz CT molecular complexity index is 1210. The zero-order valence-corrected chi connectivity index (χ0v) is 16.8. The van der Waals surface area contributed by atoms with Crippen molar-refractivity contribution in [1.29, 1.82) is 0 Å². The van der Waals surface area contributed by atoms with Crippen LogP contribution in [0.5, 0.6) is 0 Å². The van der Waals surface area contributed by atoms with Gasteiger partial charge in [0, 0.05) is 11.1 Å². The third-order valence-electron chi connectivity index (χ3n) is 5.14. The fourth-order valence-electron chi connectivity index (χ4n) is 3.42. The van der Waals surface area contributed by atoms with E-state index in [1.807, 2.05) is 51.1 Å². The number of hydrogen-bond acceptors (Lipinski definition) is 4. The highest BCUT2D eigenvalue weighted by molar-refractivity contribution is 7.90. The number of rotatable bonds is 3. The van der Waals surface area contributed by atoms with Gasteiger partial charge in [-0.05, 0) is 55.7 Å². The van der Waals surface area contributed by atoms with Crippen molar-refractivity contribution in [2.24, 2.45) is 0 Å². The fourth-order valence-corrected chi connectivity index (χ4v) is 4.91. The van der Waals surface area contributed by atoms with Crippen LogP contribution in [0.3, 0.4) is 0 Å². The van der Waals surface area contributed by atoms with Crippen LogP contribution in [0.15, 0.2) is 42.5 Å². The predicted octanol–water partition coefficient (Wildman–Crippen LogP) is 3.48. The molecular formula is C21H21N3O3S. The lowest BCUT2D eigenvalue weighted by atomic mass is 10.1. The number of amides is 1. The number of anilines is 1. The van der Waals surface area contributed by atoms with Crippen LogP contribution in [0.4, 0.5) is 5.82 Å². The Labute approximate surface area is 164 Å². The molecule has 4 rings (SSSR count). The van der Waals surface area contributed by atoms with Crippen molar-refractivity contribution < 1.29 is 13.2 Å². The summed E-state index contributed by atoms with van der Waals surface area (Å²) < 4.78 is 25.8. The molecule has 28 heavy (non-hydrogen) atoms. The summed E-state index contributed by atoms with van der Waals surface area (Å²) in [4.78, 5) is 12.9. The number of fused-ring (bicyclic) bond motifs is 1. The molecular weight excluding hydrogens is 374 g/mol. The van der Waals surface area contributed by atoms with Gasteiger partial charge in [-0.3, -0.25) is 4.79 Å². The van der Waals surface area contributed by atoms with Crippen LogP contribution in [0, 0.1) is 20.8 Å². The Morgan fingerprint density at radius 1 is 1.00 bits per heavy atom. The lowest BCUT2D eigenvalue weighted by Crippen LogP contribution is -2.18. The second kappa shape index (κ2) is 6.60. The smallest absolute Gasteiger partial charge is 0.257 e. The van der Waals surface area contributed by atoms with Gasteiger partial charge >= 0.3 is 0 Å². The van der Waals surface area contributed by atoms with Gasteiger partial charge < -0.3 is 5.32 Å². The first-order valence-corrected chi connectivity index (χ1v) is 10.8. The average Bonchev–Trinajstić information content (AvgIpc) is 3.10. The molecule has 1 N–H and O–H groups in total. The van der Waals surface area contributed by atoms with Crippen molar-refractivity contribution in [2.75, 3.05) is 5.32 Å². The maximum atomic E-state index is 12.9. The van der Waals surface area contributed by atoms with Crippen LogP contribution < -0.4 is 5.32 Å². The molecule has 1 amide bonds. The summed E-state index contributed by atoms with van der Waals surface area (Å²) in [6, 6.07) is 13.2. The van der Waals surface area contributed by atoms with Crippen LogP contribution in [0.1, 0.15) is 38.3 Å². The molecule has 0 unspecified atom stereocenters. The maximum absolute atomic E-state index is 12.9. The average molecular weight is 395 g/mol. The van der Waals surface area contributed by atoms with Crippen molar-refractivity contribution in [3.8, 4) is 5.69 Å². The van der Waals surface area contributed by atoms with Crippen LogP contribution in [-0.4, -0.2) is 24.1 Å². The van der Waals surface area contributed by atoms with E-state index in [1.54, 1.807) is 16.8 Å². The minimum absolute atomic E-state index is 0.104. The lowest BCUT2D eigenvalue weighted by Gasteiger charge is -2.13. The van der Waals surface area contributed by atoms with Gasteiger partial charge in [0.2, 0.25) is 0 Å². The SMILES string of the molecule is Cc1ccc(-n2nc3c(c2NC(=O)c2ccccc2C)CS(=O)(=O)C3)cc1C. The molecule has 1 aliphatic rings. The number of sulfone groups is 1. The fraction of sp³-hybridized carbons (Fsp3) is 0.238. The third-order valence-corrected chi connectivity index (χ3v) is 6.59. The van der Waals surface area contributed by atoms with Crippen LogP contribution in [-0.2, 0) is 21.3 Å². The molecule has 2 heterocycles. The highest BCUT2D eigenvalue weighted by Gasteiger charge is 2.33. The zero-order valence-electron chi connectivity index (χ0n) is 16.0. The van der Waals surface area contributed by atoms with E-state index in [0.29, 0.717) is 22.6 Å². The van der Waals surface area contributed by atoms with E-state index < -0.39 is 9.84 Å². The van der Waals surface area contributed by atoms with Crippen LogP contribution in [0.25, 0.3) is 5.69 Å². The van der Waals surface area contributed by atoms with E-state index in [2.05, 4.69) is 10.4 Å². The molecule has 6 nitrogen and oxygen atoms in total. The van der Waals surface area contributed by atoms with Crippen molar-refractivity contribution in [1.82, 2.24) is 9.78 Å². The van der Waals surface area contributed by atoms with Gasteiger partial charge in [0.25, 0.3) is 5.91 Å². The summed E-state index contributed by atoms with van der Waals surface area (Å²) in [6.45, 7) is 5.89. The topological polar surface area (TPSA) is 81.1 Å². The monoisotopic (exact) mass is 395 g/mol. The minimum atomic E-state index is -3.23. The van der Waals surface area contributed by atoms with Crippen molar-refractivity contribution in [3.05, 3.63) is 76.0 Å². The molecule has 7 heteroatoms. The Morgan fingerprint density at radius 3 is 2.46 bits per heavy atom. The third kappa shape index (κ3) is 3.22. The molecule has 0 bridgehead atoms. The first-order valence-electron chi connectivity index (χ1n) is 9.01. The Hall–Kier alpha value is -2.93. The molecule has 0 saturated heterocycles. The summed E-state index contributed by atoms with van der Waals surface area (Å²) in [7, 11) is -3.23. The van der Waals surface area contributed by atoms with Gasteiger partial charge in [-0.15, -0.1) is 0 Å². The number of aromatic nitrogens is 2. The summed E-state index contributed by atoms with van der Waals surface area (Å²) >= 11 is 0. The number of carbonyl (C=O) groups excluding carboxylic acids is 1. The van der Waals surface area contributed by atoms with E-state index in [9.17, 15) is 13.2 Å². The molecule has 0 radical (unpaired) electrons. The predicted molar refractivity (Wildman–Crippen MR) is 108 cm³/mol. The van der Waals surface area contributed by atoms with Gasteiger partial charge in [-0.1, -0.05) is 24.3 Å². The molecule has 1 aliphatic heterocycles. The second-order valence-corrected chi connectivity index (χ2v) is 9.32. The first kappa shape index (κ1) is 18.4. The highest BCUT2D eigenvalue weighted by Crippen LogP contribution is 2.33. The lowest BCUT2D eigenvalue weighted by molar-refractivity contribution is 0.102. The summed E-state index contributed by atoms with van der Waals surface area (Å²) in [5.74, 6) is -0.0768. The molecule has 144 valence electrons. The van der Waals surface area contributed by atoms with Crippen molar-refractivity contribution >= 4 is 21.6 Å². The number of aryl methyl sites for hydroxylation is 3. The highest BCUT2D eigenvalue weighted by atomic mass is 32.2. The van der Waals surface area contributed by atoms with E-state index >= 15 is 0 Å². The second-order valence-electron chi connectivity index (χ2n) is 7.26. The van der Waals surface area contributed by atoms with Crippen LogP contribution >= 0.6 is 0 Å². The molecule has 0 spiro atoms. The van der Waals surface area contributed by atoms with Crippen molar-refractivity contribution in [2.45, 2.75) is 32.3 Å². The number of carbonyl (C=O) groups is 1. The van der Waals surface area contributed by atoms with Crippen molar-refractivity contribution in [3.63, 3.8) is 0 Å². The van der Waals surface area contributed by atoms with E-state index in [1.165, 1.54) is 0 Å². The largest absolute Gasteiger partial charge is 0.306 e. The van der Waals surface area contributed by atoms with Gasteiger partial charge in [0.05, 0.1) is 22.9 Å². The maximum Gasteiger partial charge on any atom is 0.257 e. The normalized spacial score (nSPS) is 14.7. The standard InChI is InChI=1S/C21H21N3O3S/c1-13-8-9-16(10-15(13)3)24-20(18-11-28(26,27)12-19(18)23-24)22-21(25)17-7-5-4-6-14(17)2/h4-10H,11-12H2,1-3H3,(H,22,25). The number of nitrogens with zero attached hydrogens (tertiary/aromatic N) is 2. The zero-order chi connectivity index (χ0) is 20.1. The van der Waals surface area contributed by atoms with E-state index in [0.717, 1.165) is 22.4 Å². The Kier molecular flexibility index (Phi) is 4.34. The summed E-state index contributed by atoms with van der Waals surface area (Å²) in [5, 5.41) is 7.43. The summed E-state index contributed by atoms with van der Waals surface area (Å²) in [6.07, 6.45) is 0. The Balaban J connectivity index is 1.82. The molecule has 0 atom stereocenters. The molecule has 1 aromatic heterocycles.